The molecule has 1 amide bonds. The highest BCUT2D eigenvalue weighted by Gasteiger charge is 2.45. The van der Waals surface area contributed by atoms with E-state index in [0.29, 0.717) is 13.1 Å². The first-order valence-electron chi connectivity index (χ1n) is 13.1. The number of fused-ring (bicyclic) bond motifs is 2. The van der Waals surface area contributed by atoms with Gasteiger partial charge in [-0.3, -0.25) is 4.90 Å². The number of nitrogens with zero attached hydrogens (tertiary/aromatic N) is 12. The quantitative estimate of drug-likeness (QED) is 0.215. The molecule has 5 rings (SSSR count). The predicted octanol–water partition coefficient (Wildman–Crippen LogP) is 5.10. The lowest BCUT2D eigenvalue weighted by Crippen LogP contribution is -2.47. The normalized spacial score (nSPS) is 24.0. The molecule has 3 atom stereocenters. The van der Waals surface area contributed by atoms with Crippen LogP contribution >= 0.6 is 15.9 Å². The highest BCUT2D eigenvalue weighted by Crippen LogP contribution is 2.36. The van der Waals surface area contributed by atoms with Crippen LogP contribution in [-0.4, -0.2) is 84.9 Å². The molecule has 0 aliphatic carbocycles. The molecule has 212 valence electrons. The van der Waals surface area contributed by atoms with E-state index in [1.54, 1.807) is 4.90 Å². The van der Waals surface area contributed by atoms with Crippen LogP contribution in [0.15, 0.2) is 74.2 Å². The maximum atomic E-state index is 13.2. The second-order valence-electron chi connectivity index (χ2n) is 10.4. The van der Waals surface area contributed by atoms with Crippen LogP contribution in [0.4, 0.5) is 4.79 Å². The van der Waals surface area contributed by atoms with Gasteiger partial charge in [0.05, 0.1) is 31.0 Å². The summed E-state index contributed by atoms with van der Waals surface area (Å²) in [6.07, 6.45) is 7.78. The van der Waals surface area contributed by atoms with Gasteiger partial charge in [0.2, 0.25) is 0 Å². The van der Waals surface area contributed by atoms with Crippen LogP contribution in [0.25, 0.3) is 37.0 Å². The second kappa shape index (κ2) is 12.5. The fourth-order valence-electron chi connectivity index (χ4n) is 5.82. The van der Waals surface area contributed by atoms with Gasteiger partial charge in [0.15, 0.2) is 0 Å². The van der Waals surface area contributed by atoms with Crippen molar-refractivity contribution in [1.29, 1.82) is 0 Å². The van der Waals surface area contributed by atoms with E-state index in [4.69, 9.17) is 21.3 Å². The summed E-state index contributed by atoms with van der Waals surface area (Å²) in [7, 11) is 0. The Labute approximate surface area is 244 Å². The van der Waals surface area contributed by atoms with Gasteiger partial charge in [-0.05, 0) is 58.3 Å². The highest BCUT2D eigenvalue weighted by molar-refractivity contribution is 9.10. The van der Waals surface area contributed by atoms with Crippen molar-refractivity contribution in [3.05, 3.63) is 95.8 Å². The number of amides is 1. The topological polar surface area (TPSA) is 194 Å². The third-order valence-corrected chi connectivity index (χ3v) is 8.27. The first-order chi connectivity index (χ1) is 19.9. The van der Waals surface area contributed by atoms with Crippen molar-refractivity contribution in [2.75, 3.05) is 52.4 Å². The first kappa shape index (κ1) is 28.2. The maximum Gasteiger partial charge on any atom is 0.410 e. The Morgan fingerprint density at radius 1 is 0.976 bits per heavy atom. The molecular weight excluding hydrogens is 594 g/mol. The molecule has 2 saturated heterocycles. The van der Waals surface area contributed by atoms with Crippen molar-refractivity contribution in [3.8, 4) is 0 Å². The van der Waals surface area contributed by atoms with Crippen LogP contribution in [-0.2, 0) is 4.74 Å². The Bertz CT molecular complexity index is 1340. The van der Waals surface area contributed by atoms with Crippen molar-refractivity contribution in [3.63, 3.8) is 0 Å². The van der Waals surface area contributed by atoms with Crippen LogP contribution in [0.2, 0.25) is 0 Å². The molecule has 41 heavy (non-hydrogen) atoms. The number of nitrogens with one attached hydrogen (secondary N) is 1. The molecule has 15 nitrogen and oxygen atoms in total. The number of hydrogen-bond donors (Lipinski definition) is 1. The summed E-state index contributed by atoms with van der Waals surface area (Å²) in [6, 6.07) is 8.29. The largest absolute Gasteiger partial charge is 0.442 e. The summed E-state index contributed by atoms with van der Waals surface area (Å²) in [4.78, 5) is 27.6. The molecule has 0 radical (unpaired) electrons. The fourth-order valence-corrected chi connectivity index (χ4v) is 6.08. The Morgan fingerprint density at radius 3 is 2.17 bits per heavy atom. The van der Waals surface area contributed by atoms with Crippen LogP contribution in [0.3, 0.4) is 0 Å². The molecule has 16 heteroatoms. The zero-order valence-electron chi connectivity index (χ0n) is 22.1. The van der Waals surface area contributed by atoms with Crippen LogP contribution in [0, 0.1) is 11.8 Å². The smallest absolute Gasteiger partial charge is 0.410 e. The Morgan fingerprint density at radius 2 is 1.59 bits per heavy atom. The molecule has 1 N–H and O–H groups in total. The number of halogens is 1. The number of hydrogen-bond acceptors (Lipinski definition) is 8. The highest BCUT2D eigenvalue weighted by atomic mass is 79.9. The first-order valence-corrected chi connectivity index (χ1v) is 13.9. The van der Waals surface area contributed by atoms with E-state index in [1.807, 2.05) is 24.3 Å². The standard InChI is InChI=1S/C25H28BrN13O2/c26-20-6-4-17(5-7-20)23-21(39-8-2-1-3-22(39)33-23)13-37-9-18-11-38(12-19(18)10-37)24(40)41-25(14-30-34-27,15-31-35-28)16-32-36-29/h1-8,18-19,22,33H,9-16H2. The molecule has 4 aliphatic rings. The molecule has 0 bridgehead atoms. The number of carbonyl (C=O) groups excluding carboxylic acids is 1. The van der Waals surface area contributed by atoms with Gasteiger partial charge in [0.25, 0.3) is 0 Å². The average molecular weight is 622 g/mol. The molecule has 0 saturated carbocycles. The minimum atomic E-state index is -1.55. The lowest BCUT2D eigenvalue weighted by Gasteiger charge is -2.32. The van der Waals surface area contributed by atoms with E-state index in [9.17, 15) is 4.79 Å². The Balaban J connectivity index is 1.25. The molecule has 1 aromatic rings. The van der Waals surface area contributed by atoms with Crippen LogP contribution in [0.5, 0.6) is 0 Å². The van der Waals surface area contributed by atoms with Gasteiger partial charge < -0.3 is 19.9 Å². The van der Waals surface area contributed by atoms with Crippen molar-refractivity contribution < 1.29 is 9.53 Å². The Kier molecular flexibility index (Phi) is 8.58. The zero-order chi connectivity index (χ0) is 28.8. The van der Waals surface area contributed by atoms with Gasteiger partial charge in [0, 0.05) is 58.1 Å². The van der Waals surface area contributed by atoms with Gasteiger partial charge in [-0.25, -0.2) is 4.79 Å². The molecule has 4 heterocycles. The number of benzene rings is 1. The molecular formula is C25H28BrN13O2. The van der Waals surface area contributed by atoms with E-state index in [0.717, 1.165) is 35.4 Å². The summed E-state index contributed by atoms with van der Waals surface area (Å²) in [5.74, 6) is 0.532. The number of rotatable bonds is 10. The van der Waals surface area contributed by atoms with Crippen LogP contribution in [0.1, 0.15) is 5.56 Å². The summed E-state index contributed by atoms with van der Waals surface area (Å²) in [5.41, 5.74) is 28.3. The third-order valence-electron chi connectivity index (χ3n) is 7.74. The fraction of sp³-hybridized carbons (Fsp3) is 0.480. The predicted molar refractivity (Wildman–Crippen MR) is 154 cm³/mol. The average Bonchev–Trinajstić information content (AvgIpc) is 3.66. The monoisotopic (exact) mass is 621 g/mol. The molecule has 2 fully saturated rings. The molecule has 0 spiro atoms. The van der Waals surface area contributed by atoms with Gasteiger partial charge >= 0.3 is 6.09 Å². The number of azide groups is 3. The number of carbonyl (C=O) groups is 1. The van der Waals surface area contributed by atoms with Gasteiger partial charge in [-0.1, -0.05) is 49.5 Å². The van der Waals surface area contributed by atoms with Gasteiger partial charge in [-0.15, -0.1) is 0 Å². The number of likely N-dealkylation sites (tertiary alicyclic amines) is 2. The third kappa shape index (κ3) is 6.22. The van der Waals surface area contributed by atoms with Gasteiger partial charge in [0.1, 0.15) is 11.8 Å². The number of ether oxygens (including phenoxy) is 1. The van der Waals surface area contributed by atoms with Crippen molar-refractivity contribution in [2.45, 2.75) is 11.8 Å². The summed E-state index contributed by atoms with van der Waals surface area (Å²) in [6.45, 7) is 2.44. The van der Waals surface area contributed by atoms with E-state index in [1.165, 1.54) is 5.70 Å². The zero-order valence-corrected chi connectivity index (χ0v) is 23.7. The summed E-state index contributed by atoms with van der Waals surface area (Å²) >= 11 is 3.52. The lowest BCUT2D eigenvalue weighted by molar-refractivity contribution is 0.00909. The van der Waals surface area contributed by atoms with Crippen molar-refractivity contribution >= 4 is 27.7 Å². The van der Waals surface area contributed by atoms with Gasteiger partial charge in [-0.2, -0.15) is 0 Å². The van der Waals surface area contributed by atoms with Crippen LogP contribution < -0.4 is 5.32 Å². The minimum Gasteiger partial charge on any atom is -0.442 e. The molecule has 1 aromatic carbocycles. The van der Waals surface area contributed by atoms with E-state index < -0.39 is 11.7 Å². The van der Waals surface area contributed by atoms with Crippen molar-refractivity contribution in [1.82, 2.24) is 20.0 Å². The van der Waals surface area contributed by atoms with E-state index in [2.05, 4.69) is 85.5 Å². The summed E-state index contributed by atoms with van der Waals surface area (Å²) in [5, 5.41) is 14.1. The SMILES string of the molecule is [N-]=[N+]=NCC(CN=[N+]=[N-])(CN=[N+]=[N-])OC(=O)N1CC2CN(CC3=C(c4ccc(Br)cc4)NC4C=CC=CN34)CC2C1. The molecule has 0 aromatic heterocycles. The maximum absolute atomic E-state index is 13.2. The van der Waals surface area contributed by atoms with E-state index >= 15 is 0 Å². The number of allylic oxidation sites excluding steroid dienone is 2. The minimum absolute atomic E-state index is 0.0716. The molecule has 4 aliphatic heterocycles. The second-order valence-corrected chi connectivity index (χ2v) is 11.3. The Hall–Kier alpha value is -4.32. The van der Waals surface area contributed by atoms with Crippen molar-refractivity contribution in [2.24, 2.45) is 27.2 Å². The molecule has 3 unspecified atom stereocenters. The lowest BCUT2D eigenvalue weighted by atomic mass is 10.0. The summed E-state index contributed by atoms with van der Waals surface area (Å²) < 4.78 is 6.73. The van der Waals surface area contributed by atoms with E-state index in [-0.39, 0.29) is 37.6 Å².